The van der Waals surface area contributed by atoms with Crippen LogP contribution in [0.5, 0.6) is 0 Å². The second-order valence-electron chi connectivity index (χ2n) is 3.39. The Hall–Kier alpha value is -0.770. The third-order valence-electron chi connectivity index (χ3n) is 2.05. The molecule has 1 atom stereocenters. The van der Waals surface area contributed by atoms with Gasteiger partial charge in [0.2, 0.25) is 5.91 Å². The van der Waals surface area contributed by atoms with Crippen LogP contribution >= 0.6 is 24.0 Å². The van der Waals surface area contributed by atoms with Crippen molar-refractivity contribution in [2.45, 2.75) is 25.8 Å². The molecule has 3 nitrogen and oxygen atoms in total. The molecule has 0 spiro atoms. The van der Waals surface area contributed by atoms with Crippen LogP contribution in [0.25, 0.3) is 0 Å². The standard InChI is InChI=1S/C11H15ClN2O.ClH/c1-2-3-10(13)11(15)14-9-6-4-8(12)5-7-9;/h4-7,10H,2-3,13H2,1H3,(H,14,15);1H. The van der Waals surface area contributed by atoms with E-state index in [1.54, 1.807) is 24.3 Å². The molecule has 3 N–H and O–H groups in total. The zero-order chi connectivity index (χ0) is 11.3. The Balaban J connectivity index is 0.00000225. The first-order chi connectivity index (χ1) is 7.13. The molecule has 0 aliphatic rings. The molecule has 0 aliphatic carbocycles. The molecule has 16 heavy (non-hydrogen) atoms. The Kier molecular flexibility index (Phi) is 7.13. The van der Waals surface area contributed by atoms with Gasteiger partial charge in [-0.05, 0) is 30.7 Å². The number of rotatable bonds is 4. The van der Waals surface area contributed by atoms with Gasteiger partial charge in [0.25, 0.3) is 0 Å². The first kappa shape index (κ1) is 15.2. The van der Waals surface area contributed by atoms with Crippen LogP contribution < -0.4 is 11.1 Å². The number of anilines is 1. The van der Waals surface area contributed by atoms with E-state index in [-0.39, 0.29) is 18.3 Å². The maximum absolute atomic E-state index is 11.5. The van der Waals surface area contributed by atoms with E-state index in [9.17, 15) is 4.79 Å². The minimum absolute atomic E-state index is 0. The highest BCUT2D eigenvalue weighted by molar-refractivity contribution is 6.30. The topological polar surface area (TPSA) is 55.1 Å². The van der Waals surface area contributed by atoms with Gasteiger partial charge in [0, 0.05) is 10.7 Å². The average Bonchev–Trinajstić information content (AvgIpc) is 2.22. The predicted octanol–water partition coefficient (Wildman–Crippen LogP) is 2.83. The Labute approximate surface area is 107 Å². The van der Waals surface area contributed by atoms with Crippen LogP contribution in [0.2, 0.25) is 5.02 Å². The van der Waals surface area contributed by atoms with Gasteiger partial charge >= 0.3 is 0 Å². The minimum atomic E-state index is -0.439. The molecule has 90 valence electrons. The lowest BCUT2D eigenvalue weighted by atomic mass is 10.1. The van der Waals surface area contributed by atoms with E-state index in [1.165, 1.54) is 0 Å². The quantitative estimate of drug-likeness (QED) is 0.877. The highest BCUT2D eigenvalue weighted by Crippen LogP contribution is 2.13. The molecule has 1 unspecified atom stereocenters. The average molecular weight is 263 g/mol. The molecule has 1 aromatic rings. The summed E-state index contributed by atoms with van der Waals surface area (Å²) in [6.07, 6.45) is 1.59. The van der Waals surface area contributed by atoms with Crippen molar-refractivity contribution in [3.63, 3.8) is 0 Å². The highest BCUT2D eigenvalue weighted by atomic mass is 35.5. The Morgan fingerprint density at radius 1 is 1.44 bits per heavy atom. The van der Waals surface area contributed by atoms with E-state index >= 15 is 0 Å². The molecular weight excluding hydrogens is 247 g/mol. The molecule has 0 radical (unpaired) electrons. The minimum Gasteiger partial charge on any atom is -0.325 e. The van der Waals surface area contributed by atoms with Crippen molar-refractivity contribution in [2.24, 2.45) is 5.73 Å². The van der Waals surface area contributed by atoms with Crippen LogP contribution in [-0.2, 0) is 4.79 Å². The van der Waals surface area contributed by atoms with Gasteiger partial charge in [0.1, 0.15) is 0 Å². The molecule has 0 bridgehead atoms. The summed E-state index contributed by atoms with van der Waals surface area (Å²) in [4.78, 5) is 11.5. The number of carbonyl (C=O) groups is 1. The summed E-state index contributed by atoms with van der Waals surface area (Å²) >= 11 is 5.72. The van der Waals surface area contributed by atoms with Crippen LogP contribution in [0.15, 0.2) is 24.3 Å². The second-order valence-corrected chi connectivity index (χ2v) is 3.83. The van der Waals surface area contributed by atoms with E-state index in [2.05, 4.69) is 5.32 Å². The molecule has 0 heterocycles. The second kappa shape index (κ2) is 7.49. The number of hydrogen-bond acceptors (Lipinski definition) is 2. The lowest BCUT2D eigenvalue weighted by Crippen LogP contribution is -2.35. The largest absolute Gasteiger partial charge is 0.325 e. The summed E-state index contributed by atoms with van der Waals surface area (Å²) in [5.74, 6) is -0.154. The van der Waals surface area contributed by atoms with E-state index in [0.717, 1.165) is 12.1 Å². The molecule has 0 aromatic heterocycles. The van der Waals surface area contributed by atoms with Crippen LogP contribution in [0.1, 0.15) is 19.8 Å². The number of nitrogens with one attached hydrogen (secondary N) is 1. The number of benzene rings is 1. The van der Waals surface area contributed by atoms with Gasteiger partial charge in [-0.2, -0.15) is 0 Å². The molecule has 5 heteroatoms. The van der Waals surface area contributed by atoms with Gasteiger partial charge in [0.15, 0.2) is 0 Å². The van der Waals surface area contributed by atoms with E-state index < -0.39 is 6.04 Å². The summed E-state index contributed by atoms with van der Waals surface area (Å²) < 4.78 is 0. The van der Waals surface area contributed by atoms with Crippen molar-refractivity contribution >= 4 is 35.6 Å². The SMILES string of the molecule is CCCC(N)C(=O)Nc1ccc(Cl)cc1.Cl. The van der Waals surface area contributed by atoms with Crippen LogP contribution in [0.3, 0.4) is 0 Å². The zero-order valence-corrected chi connectivity index (χ0v) is 10.6. The molecule has 0 saturated heterocycles. The van der Waals surface area contributed by atoms with Crippen molar-refractivity contribution in [3.8, 4) is 0 Å². The van der Waals surface area contributed by atoms with Crippen LogP contribution in [0.4, 0.5) is 5.69 Å². The summed E-state index contributed by atoms with van der Waals surface area (Å²) in [6.45, 7) is 2.00. The van der Waals surface area contributed by atoms with Crippen LogP contribution in [-0.4, -0.2) is 11.9 Å². The summed E-state index contributed by atoms with van der Waals surface area (Å²) in [7, 11) is 0. The number of nitrogens with two attached hydrogens (primary N) is 1. The van der Waals surface area contributed by atoms with Gasteiger partial charge in [0.05, 0.1) is 6.04 Å². The molecule has 0 saturated carbocycles. The molecule has 0 aliphatic heterocycles. The van der Waals surface area contributed by atoms with Gasteiger partial charge in [-0.1, -0.05) is 24.9 Å². The normalized spacial score (nSPS) is 11.4. The number of carbonyl (C=O) groups excluding carboxylic acids is 1. The highest BCUT2D eigenvalue weighted by Gasteiger charge is 2.11. The molecular formula is C11H16Cl2N2O. The van der Waals surface area contributed by atoms with Crippen molar-refractivity contribution in [2.75, 3.05) is 5.32 Å². The molecule has 1 rings (SSSR count). The fraction of sp³-hybridized carbons (Fsp3) is 0.364. The maximum Gasteiger partial charge on any atom is 0.241 e. The predicted molar refractivity (Wildman–Crippen MR) is 70.2 cm³/mol. The Morgan fingerprint density at radius 2 is 2.00 bits per heavy atom. The third kappa shape index (κ3) is 4.84. The third-order valence-corrected chi connectivity index (χ3v) is 2.30. The maximum atomic E-state index is 11.5. The van der Waals surface area contributed by atoms with E-state index in [4.69, 9.17) is 17.3 Å². The number of amides is 1. The van der Waals surface area contributed by atoms with Crippen molar-refractivity contribution in [3.05, 3.63) is 29.3 Å². The summed E-state index contributed by atoms with van der Waals surface area (Å²) in [6, 6.07) is 6.51. The summed E-state index contributed by atoms with van der Waals surface area (Å²) in [5.41, 5.74) is 6.39. The molecule has 0 fully saturated rings. The van der Waals surface area contributed by atoms with Crippen LogP contribution in [0, 0.1) is 0 Å². The smallest absolute Gasteiger partial charge is 0.241 e. The summed E-state index contributed by atoms with van der Waals surface area (Å²) in [5, 5.41) is 3.38. The van der Waals surface area contributed by atoms with Gasteiger partial charge in [-0.15, -0.1) is 12.4 Å². The Morgan fingerprint density at radius 3 is 2.50 bits per heavy atom. The van der Waals surface area contributed by atoms with Gasteiger partial charge in [-0.3, -0.25) is 4.79 Å². The lowest BCUT2D eigenvalue weighted by Gasteiger charge is -2.10. The van der Waals surface area contributed by atoms with Crippen molar-refractivity contribution < 1.29 is 4.79 Å². The van der Waals surface area contributed by atoms with Gasteiger partial charge < -0.3 is 11.1 Å². The van der Waals surface area contributed by atoms with Crippen molar-refractivity contribution in [1.29, 1.82) is 0 Å². The Bertz CT molecular complexity index is 327. The molecule has 1 aromatic carbocycles. The number of hydrogen-bond donors (Lipinski definition) is 2. The number of halogens is 2. The lowest BCUT2D eigenvalue weighted by molar-refractivity contribution is -0.117. The first-order valence-electron chi connectivity index (χ1n) is 4.95. The van der Waals surface area contributed by atoms with Gasteiger partial charge in [-0.25, -0.2) is 0 Å². The molecule has 1 amide bonds. The monoisotopic (exact) mass is 262 g/mol. The zero-order valence-electron chi connectivity index (χ0n) is 9.07. The van der Waals surface area contributed by atoms with Crippen molar-refractivity contribution in [1.82, 2.24) is 0 Å². The first-order valence-corrected chi connectivity index (χ1v) is 5.33. The fourth-order valence-electron chi connectivity index (χ4n) is 1.21. The van der Waals surface area contributed by atoms with E-state index in [0.29, 0.717) is 11.4 Å². The fourth-order valence-corrected chi connectivity index (χ4v) is 1.34. The van der Waals surface area contributed by atoms with E-state index in [1.807, 2.05) is 6.92 Å².